The Bertz CT molecular complexity index is 1230. The molecular formula is C27H36F3N5O8. The van der Waals surface area contributed by atoms with Gasteiger partial charge in [-0.3, -0.25) is 19.2 Å². The van der Waals surface area contributed by atoms with E-state index in [2.05, 4.69) is 5.32 Å². The molecule has 16 heteroatoms. The molecule has 0 saturated carbocycles. The van der Waals surface area contributed by atoms with Crippen molar-refractivity contribution >= 4 is 29.7 Å². The second kappa shape index (κ2) is 13.2. The molecule has 7 N–H and O–H groups in total. The van der Waals surface area contributed by atoms with E-state index in [4.69, 9.17) is 10.8 Å². The Labute approximate surface area is 245 Å². The largest absolute Gasteiger partial charge is 0.465 e. The predicted molar refractivity (Wildman–Crippen MR) is 143 cm³/mol. The molecule has 2 saturated heterocycles. The number of likely N-dealkylation sites (tertiary alicyclic amines) is 2. The highest BCUT2D eigenvalue weighted by Crippen LogP contribution is 2.37. The van der Waals surface area contributed by atoms with Gasteiger partial charge >= 0.3 is 12.3 Å². The van der Waals surface area contributed by atoms with Crippen molar-refractivity contribution in [2.45, 2.75) is 88.0 Å². The van der Waals surface area contributed by atoms with Crippen LogP contribution in [0.4, 0.5) is 18.0 Å². The first-order valence-corrected chi connectivity index (χ1v) is 13.7. The molecule has 2 aliphatic rings. The van der Waals surface area contributed by atoms with Crippen molar-refractivity contribution in [2.75, 3.05) is 13.1 Å². The molecule has 13 nitrogen and oxygen atoms in total. The molecule has 5 amide bonds. The quantitative estimate of drug-likeness (QED) is 0.210. The lowest BCUT2D eigenvalue weighted by Gasteiger charge is -2.41. The summed E-state index contributed by atoms with van der Waals surface area (Å²) in [5.41, 5.74) is 2.98. The molecule has 6 atom stereocenters. The van der Waals surface area contributed by atoms with Crippen LogP contribution in [-0.4, -0.2) is 104 Å². The normalized spacial score (nSPS) is 23.3. The molecule has 1 unspecified atom stereocenters. The third-order valence-electron chi connectivity index (χ3n) is 7.88. The van der Waals surface area contributed by atoms with Gasteiger partial charge in [-0.25, -0.2) is 4.79 Å². The Morgan fingerprint density at radius 3 is 2.12 bits per heavy atom. The SMILES string of the molecule is C[C@@H](O)[C@H](NC(=O)C1(Cc2ccc(C(F)(F)F)cc2)CCCN1C(=O)[C@@H]1CCCN1C(=O)[C@@H](NC(=O)O)[C@@H](C)O)C(N)=O. The summed E-state index contributed by atoms with van der Waals surface area (Å²) in [7, 11) is 0. The van der Waals surface area contributed by atoms with Crippen LogP contribution in [0.2, 0.25) is 0 Å². The average Bonchev–Trinajstić information content (AvgIpc) is 3.57. The van der Waals surface area contributed by atoms with Crippen molar-refractivity contribution in [2.24, 2.45) is 5.73 Å². The van der Waals surface area contributed by atoms with Crippen molar-refractivity contribution < 1.29 is 52.5 Å². The van der Waals surface area contributed by atoms with Gasteiger partial charge in [-0.05, 0) is 57.2 Å². The Hall–Kier alpha value is -3.92. The first kappa shape index (κ1) is 33.6. The topological polar surface area (TPSA) is 203 Å². The van der Waals surface area contributed by atoms with Crippen LogP contribution < -0.4 is 16.4 Å². The van der Waals surface area contributed by atoms with E-state index in [0.717, 1.165) is 17.0 Å². The van der Waals surface area contributed by atoms with E-state index >= 15 is 0 Å². The molecule has 1 aromatic rings. The number of nitrogens with one attached hydrogen (secondary N) is 2. The van der Waals surface area contributed by atoms with E-state index in [1.807, 2.05) is 5.32 Å². The molecule has 2 heterocycles. The first-order chi connectivity index (χ1) is 20.0. The van der Waals surface area contributed by atoms with Gasteiger partial charge in [0.25, 0.3) is 0 Å². The number of alkyl halides is 3. The highest BCUT2D eigenvalue weighted by Gasteiger charge is 2.53. The number of hydrogen-bond donors (Lipinski definition) is 6. The fourth-order valence-corrected chi connectivity index (χ4v) is 5.72. The zero-order chi connectivity index (χ0) is 32.3. The lowest BCUT2D eigenvalue weighted by atomic mass is 9.85. The number of aliphatic hydroxyl groups is 2. The molecule has 0 aromatic heterocycles. The molecule has 2 aliphatic heterocycles. The van der Waals surface area contributed by atoms with E-state index in [9.17, 15) is 47.4 Å². The number of benzene rings is 1. The van der Waals surface area contributed by atoms with Gasteiger partial charge in [0.05, 0.1) is 17.8 Å². The van der Waals surface area contributed by atoms with Crippen LogP contribution in [0, 0.1) is 0 Å². The number of aliphatic hydroxyl groups excluding tert-OH is 2. The van der Waals surface area contributed by atoms with Gasteiger partial charge in [-0.2, -0.15) is 13.2 Å². The summed E-state index contributed by atoms with van der Waals surface area (Å²) in [6, 6.07) is -0.198. The molecule has 2 fully saturated rings. The summed E-state index contributed by atoms with van der Waals surface area (Å²) in [5.74, 6) is -3.43. The average molecular weight is 616 g/mol. The van der Waals surface area contributed by atoms with Crippen LogP contribution in [0.3, 0.4) is 0 Å². The van der Waals surface area contributed by atoms with Crippen LogP contribution in [0.5, 0.6) is 0 Å². The van der Waals surface area contributed by atoms with Gasteiger partial charge in [-0.1, -0.05) is 12.1 Å². The number of hydrogen-bond acceptors (Lipinski definition) is 7. The summed E-state index contributed by atoms with van der Waals surface area (Å²) in [5, 5.41) is 33.6. The second-order valence-corrected chi connectivity index (χ2v) is 10.9. The summed E-state index contributed by atoms with van der Waals surface area (Å²) in [4.78, 5) is 66.8. The molecule has 0 bridgehead atoms. The van der Waals surface area contributed by atoms with E-state index in [0.29, 0.717) is 6.42 Å². The smallest absolute Gasteiger partial charge is 0.416 e. The van der Waals surface area contributed by atoms with Crippen molar-refractivity contribution in [1.29, 1.82) is 0 Å². The van der Waals surface area contributed by atoms with Crippen LogP contribution in [0.15, 0.2) is 24.3 Å². The minimum Gasteiger partial charge on any atom is -0.465 e. The van der Waals surface area contributed by atoms with Crippen LogP contribution >= 0.6 is 0 Å². The van der Waals surface area contributed by atoms with Crippen molar-refractivity contribution in [1.82, 2.24) is 20.4 Å². The number of carbonyl (C=O) groups excluding carboxylic acids is 4. The number of carbonyl (C=O) groups is 5. The molecule has 1 aromatic carbocycles. The zero-order valence-electron chi connectivity index (χ0n) is 23.6. The van der Waals surface area contributed by atoms with Crippen molar-refractivity contribution in [3.63, 3.8) is 0 Å². The summed E-state index contributed by atoms with van der Waals surface area (Å²) >= 11 is 0. The number of amides is 5. The fourth-order valence-electron chi connectivity index (χ4n) is 5.72. The maximum Gasteiger partial charge on any atom is 0.416 e. The van der Waals surface area contributed by atoms with Gasteiger partial charge in [0.15, 0.2) is 0 Å². The number of rotatable bonds is 10. The maximum atomic E-state index is 14.1. The minimum atomic E-state index is -4.60. The molecule has 0 radical (unpaired) electrons. The summed E-state index contributed by atoms with van der Waals surface area (Å²) in [6.07, 6.45) is -8.41. The second-order valence-electron chi connectivity index (χ2n) is 10.9. The van der Waals surface area contributed by atoms with Gasteiger partial charge in [0, 0.05) is 19.5 Å². The molecule has 0 aliphatic carbocycles. The van der Waals surface area contributed by atoms with Gasteiger partial charge in [-0.15, -0.1) is 0 Å². The van der Waals surface area contributed by atoms with Crippen molar-refractivity contribution in [3.8, 4) is 0 Å². The summed E-state index contributed by atoms with van der Waals surface area (Å²) in [6.45, 7) is 2.52. The monoisotopic (exact) mass is 615 g/mol. The van der Waals surface area contributed by atoms with Gasteiger partial charge in [0.2, 0.25) is 23.6 Å². The first-order valence-electron chi connectivity index (χ1n) is 13.7. The molecule has 3 rings (SSSR count). The zero-order valence-corrected chi connectivity index (χ0v) is 23.6. The number of halogens is 3. The predicted octanol–water partition coefficient (Wildman–Crippen LogP) is -0.0320. The number of nitrogens with two attached hydrogens (primary N) is 1. The maximum absolute atomic E-state index is 14.1. The number of carboxylic acid groups (broad SMARTS) is 1. The van der Waals surface area contributed by atoms with E-state index in [1.165, 1.54) is 30.9 Å². The Balaban J connectivity index is 2.00. The molecule has 43 heavy (non-hydrogen) atoms. The summed E-state index contributed by atoms with van der Waals surface area (Å²) < 4.78 is 39.5. The standard InChI is InChI=1S/C27H36F3N5O8/c1-14(36)19(21(31)38)32-24(41)26(13-16-6-8-17(9-7-16)27(28,29)30)10-4-12-35(26)22(39)18-5-3-11-34(18)23(40)20(15(2)37)33-25(42)43/h6-9,14-15,18-20,33,36-37H,3-5,10-13H2,1-2H3,(H2,31,38)(H,32,41)(H,42,43)/t14-,15-,18+,19+,20+,26?/m1/s1. The third kappa shape index (κ3) is 7.36. The number of primary amides is 1. The third-order valence-corrected chi connectivity index (χ3v) is 7.88. The van der Waals surface area contributed by atoms with Gasteiger partial charge < -0.3 is 41.5 Å². The van der Waals surface area contributed by atoms with E-state index < -0.39 is 77.3 Å². The van der Waals surface area contributed by atoms with Gasteiger partial charge in [0.1, 0.15) is 23.7 Å². The van der Waals surface area contributed by atoms with Crippen LogP contribution in [0.25, 0.3) is 0 Å². The van der Waals surface area contributed by atoms with Crippen LogP contribution in [-0.2, 0) is 31.8 Å². The van der Waals surface area contributed by atoms with Crippen LogP contribution in [0.1, 0.15) is 50.7 Å². The minimum absolute atomic E-state index is 0.0224. The lowest BCUT2D eigenvalue weighted by Crippen LogP contribution is -2.65. The lowest BCUT2D eigenvalue weighted by molar-refractivity contribution is -0.153. The fraction of sp³-hybridized carbons (Fsp3) is 0.593. The Kier molecular flexibility index (Phi) is 10.3. The Morgan fingerprint density at radius 2 is 1.60 bits per heavy atom. The molecular weight excluding hydrogens is 579 g/mol. The number of nitrogens with zero attached hydrogens (tertiary/aromatic N) is 2. The molecule has 0 spiro atoms. The molecule has 238 valence electrons. The van der Waals surface area contributed by atoms with E-state index in [-0.39, 0.29) is 44.3 Å². The Morgan fingerprint density at radius 1 is 1.00 bits per heavy atom. The van der Waals surface area contributed by atoms with Crippen molar-refractivity contribution in [3.05, 3.63) is 35.4 Å². The van der Waals surface area contributed by atoms with E-state index in [1.54, 1.807) is 0 Å². The highest BCUT2D eigenvalue weighted by molar-refractivity contribution is 5.98. The highest BCUT2D eigenvalue weighted by atomic mass is 19.4.